The number of aromatic amines is 1. The summed E-state index contributed by atoms with van der Waals surface area (Å²) >= 11 is 15.3. The Labute approximate surface area is 196 Å². The number of aryl methyl sites for hydroxylation is 1. The van der Waals surface area contributed by atoms with Crippen molar-refractivity contribution >= 4 is 45.8 Å². The Bertz CT molecular complexity index is 1180. The fourth-order valence-corrected chi connectivity index (χ4v) is 4.32. The van der Waals surface area contributed by atoms with Gasteiger partial charge in [0.1, 0.15) is 18.2 Å². The van der Waals surface area contributed by atoms with Crippen LogP contribution in [0.1, 0.15) is 28.3 Å². The number of nitrogens with zero attached hydrogens (tertiary/aromatic N) is 2. The molecule has 0 spiro atoms. The third-order valence-corrected chi connectivity index (χ3v) is 6.06. The van der Waals surface area contributed by atoms with E-state index in [1.54, 1.807) is 12.1 Å². The fourth-order valence-electron chi connectivity index (χ4n) is 3.35. The number of benzene rings is 2. The molecule has 9 heteroatoms. The maximum Gasteiger partial charge on any atom is 0.244 e. The third kappa shape index (κ3) is 3.83. The van der Waals surface area contributed by atoms with E-state index in [0.29, 0.717) is 33.8 Å². The van der Waals surface area contributed by atoms with Gasteiger partial charge in [-0.3, -0.25) is 5.10 Å². The van der Waals surface area contributed by atoms with Crippen molar-refractivity contribution in [2.75, 3.05) is 0 Å². The minimum Gasteiger partial charge on any atom is -0.486 e. The second-order valence-corrected chi connectivity index (χ2v) is 8.78. The number of nitrogens with two attached hydrogens (primary N) is 1. The minimum atomic E-state index is -0.502. The van der Waals surface area contributed by atoms with Crippen LogP contribution in [0.2, 0.25) is 10.0 Å². The predicted octanol–water partition coefficient (Wildman–Crippen LogP) is 5.43. The number of hydrogen-bond donors (Lipinski definition) is 2. The number of hydrogen-bond acceptors (Lipinski definition) is 5. The average Bonchev–Trinajstić information content (AvgIpc) is 3.07. The van der Waals surface area contributed by atoms with E-state index in [1.165, 1.54) is 0 Å². The lowest BCUT2D eigenvalue weighted by Gasteiger charge is -2.24. The maximum absolute atomic E-state index is 9.68. The van der Waals surface area contributed by atoms with E-state index < -0.39 is 5.92 Å². The molecule has 0 saturated carbocycles. The largest absolute Gasteiger partial charge is 0.486 e. The number of ether oxygens (including phenoxy) is 2. The van der Waals surface area contributed by atoms with Crippen LogP contribution in [0.15, 0.2) is 47.9 Å². The molecule has 3 aromatic rings. The Morgan fingerprint density at radius 3 is 2.57 bits per heavy atom. The normalized spacial score (nSPS) is 15.4. The average molecular weight is 553 g/mol. The van der Waals surface area contributed by atoms with Crippen molar-refractivity contribution in [1.29, 1.82) is 5.26 Å². The molecule has 4 rings (SSSR count). The van der Waals surface area contributed by atoms with Gasteiger partial charge >= 0.3 is 0 Å². The number of aromatic nitrogens is 2. The van der Waals surface area contributed by atoms with E-state index in [1.807, 2.05) is 31.2 Å². The summed E-state index contributed by atoms with van der Waals surface area (Å²) in [5.74, 6) is 0.220. The Balaban J connectivity index is 1.70. The van der Waals surface area contributed by atoms with Crippen LogP contribution in [0.25, 0.3) is 0 Å². The van der Waals surface area contributed by atoms with Gasteiger partial charge in [-0.2, -0.15) is 5.26 Å². The van der Waals surface area contributed by atoms with E-state index in [4.69, 9.17) is 38.4 Å². The number of nitrogens with one attached hydrogen (secondary N) is 1. The van der Waals surface area contributed by atoms with Crippen molar-refractivity contribution in [3.05, 3.63) is 83.9 Å². The fraction of sp³-hybridized carbons (Fsp3) is 0.143. The summed E-state index contributed by atoms with van der Waals surface area (Å²) in [6, 6.07) is 13.6. The van der Waals surface area contributed by atoms with Crippen molar-refractivity contribution in [2.45, 2.75) is 19.4 Å². The summed E-state index contributed by atoms with van der Waals surface area (Å²) in [4.78, 5) is 0. The standard InChI is InChI=1S/C21H15Cl2IN4O2/c1-10-17-18(14(8-25)20(26)30-21(17)28-27-10)12-6-15(22)19(16(23)7-12)29-9-11-2-4-13(24)5-3-11/h2-7,18H,9,26H2,1H3,(H,27,28)/t18-/m1/s1. The molecule has 0 fully saturated rings. The second-order valence-electron chi connectivity index (χ2n) is 6.72. The lowest BCUT2D eigenvalue weighted by atomic mass is 9.84. The zero-order valence-corrected chi connectivity index (χ0v) is 19.3. The molecular weight excluding hydrogens is 538 g/mol. The molecule has 1 aromatic heterocycles. The monoisotopic (exact) mass is 552 g/mol. The molecular formula is C21H15Cl2IN4O2. The lowest BCUT2D eigenvalue weighted by Crippen LogP contribution is -2.21. The Hall–Kier alpha value is -2.41. The second kappa shape index (κ2) is 8.38. The molecule has 3 N–H and O–H groups in total. The molecule has 2 heterocycles. The summed E-state index contributed by atoms with van der Waals surface area (Å²) in [5.41, 5.74) is 9.41. The van der Waals surface area contributed by atoms with E-state index in [2.05, 4.69) is 38.9 Å². The van der Waals surface area contributed by atoms with Gasteiger partial charge in [-0.15, -0.1) is 5.10 Å². The first-order chi connectivity index (χ1) is 14.4. The Morgan fingerprint density at radius 2 is 1.93 bits per heavy atom. The third-order valence-electron chi connectivity index (χ3n) is 4.78. The van der Waals surface area contributed by atoms with Gasteiger partial charge in [0.25, 0.3) is 0 Å². The highest BCUT2D eigenvalue weighted by Crippen LogP contribution is 2.45. The van der Waals surface area contributed by atoms with Crippen LogP contribution in [0.4, 0.5) is 0 Å². The van der Waals surface area contributed by atoms with Gasteiger partial charge < -0.3 is 15.2 Å². The summed E-state index contributed by atoms with van der Waals surface area (Å²) in [5, 5.41) is 17.4. The van der Waals surface area contributed by atoms with Gasteiger partial charge in [0.15, 0.2) is 5.75 Å². The highest BCUT2D eigenvalue weighted by atomic mass is 127. The SMILES string of the molecule is Cc1[nH]nc2c1[C@H](c1cc(Cl)c(OCc3ccc(I)cc3)c(Cl)c1)C(C#N)=C(N)O2. The first kappa shape index (κ1) is 20.8. The van der Waals surface area contributed by atoms with Crippen LogP contribution >= 0.6 is 45.8 Å². The van der Waals surface area contributed by atoms with Gasteiger partial charge in [0, 0.05) is 14.8 Å². The molecule has 30 heavy (non-hydrogen) atoms. The van der Waals surface area contributed by atoms with Gasteiger partial charge in [-0.1, -0.05) is 35.3 Å². The van der Waals surface area contributed by atoms with Crippen LogP contribution in [0.5, 0.6) is 11.6 Å². The smallest absolute Gasteiger partial charge is 0.244 e. The maximum atomic E-state index is 9.68. The molecule has 6 nitrogen and oxygen atoms in total. The van der Waals surface area contributed by atoms with Gasteiger partial charge in [0.2, 0.25) is 11.8 Å². The van der Waals surface area contributed by atoms with Gasteiger partial charge in [-0.25, -0.2) is 0 Å². The van der Waals surface area contributed by atoms with Crippen LogP contribution in [-0.4, -0.2) is 10.2 Å². The van der Waals surface area contributed by atoms with Gasteiger partial charge in [0.05, 0.1) is 16.0 Å². The zero-order valence-electron chi connectivity index (χ0n) is 15.7. The summed E-state index contributed by atoms with van der Waals surface area (Å²) < 4.78 is 12.5. The molecule has 0 radical (unpaired) electrons. The number of allylic oxidation sites excluding steroid dienone is 1. The topological polar surface area (TPSA) is 97.0 Å². The van der Waals surface area contributed by atoms with Gasteiger partial charge in [-0.05, 0) is 64.9 Å². The predicted molar refractivity (Wildman–Crippen MR) is 123 cm³/mol. The highest BCUT2D eigenvalue weighted by molar-refractivity contribution is 14.1. The number of rotatable bonds is 4. The van der Waals surface area contributed by atoms with E-state index in [-0.39, 0.29) is 11.5 Å². The number of fused-ring (bicyclic) bond motifs is 1. The van der Waals surface area contributed by atoms with E-state index >= 15 is 0 Å². The summed E-state index contributed by atoms with van der Waals surface area (Å²) in [6.07, 6.45) is 0. The number of nitriles is 1. The molecule has 0 saturated heterocycles. The molecule has 1 aliphatic heterocycles. The van der Waals surface area contributed by atoms with Crippen molar-refractivity contribution in [3.63, 3.8) is 0 Å². The summed E-state index contributed by atoms with van der Waals surface area (Å²) in [7, 11) is 0. The van der Waals surface area contributed by atoms with E-state index in [9.17, 15) is 5.26 Å². The zero-order chi connectivity index (χ0) is 21.4. The molecule has 0 bridgehead atoms. The number of halogens is 3. The molecule has 152 valence electrons. The molecule has 1 atom stereocenters. The lowest BCUT2D eigenvalue weighted by molar-refractivity contribution is 0.306. The van der Waals surface area contributed by atoms with Crippen molar-refractivity contribution in [2.24, 2.45) is 5.73 Å². The Kier molecular flexibility index (Phi) is 5.82. The molecule has 0 unspecified atom stereocenters. The molecule has 0 amide bonds. The van der Waals surface area contributed by atoms with Crippen molar-refractivity contribution in [1.82, 2.24) is 10.2 Å². The molecule has 2 aromatic carbocycles. The number of H-pyrrole nitrogens is 1. The summed E-state index contributed by atoms with van der Waals surface area (Å²) in [6.45, 7) is 2.18. The first-order valence-electron chi connectivity index (χ1n) is 8.87. The quantitative estimate of drug-likeness (QED) is 0.421. The highest BCUT2D eigenvalue weighted by Gasteiger charge is 2.35. The van der Waals surface area contributed by atoms with Crippen molar-refractivity contribution in [3.8, 4) is 17.7 Å². The Morgan fingerprint density at radius 1 is 1.27 bits per heavy atom. The van der Waals surface area contributed by atoms with Crippen LogP contribution in [-0.2, 0) is 6.61 Å². The molecule has 0 aliphatic carbocycles. The molecule has 1 aliphatic rings. The van der Waals surface area contributed by atoms with Crippen LogP contribution < -0.4 is 15.2 Å². The van der Waals surface area contributed by atoms with E-state index in [0.717, 1.165) is 20.4 Å². The van der Waals surface area contributed by atoms with Crippen molar-refractivity contribution < 1.29 is 9.47 Å². The minimum absolute atomic E-state index is 0.00720. The van der Waals surface area contributed by atoms with Crippen LogP contribution in [0.3, 0.4) is 0 Å². The first-order valence-corrected chi connectivity index (χ1v) is 10.7. The van der Waals surface area contributed by atoms with Crippen LogP contribution in [0, 0.1) is 21.8 Å².